The van der Waals surface area contributed by atoms with Crippen molar-refractivity contribution in [1.82, 2.24) is 0 Å². The number of ether oxygens (including phenoxy) is 2. The van der Waals surface area contributed by atoms with E-state index in [0.717, 1.165) is 46.2 Å². The second kappa shape index (κ2) is 8.83. The number of benzene rings is 4. The lowest BCUT2D eigenvalue weighted by atomic mass is 9.58. The van der Waals surface area contributed by atoms with E-state index in [2.05, 4.69) is 62.4 Å². The molecule has 0 aliphatic heterocycles. The van der Waals surface area contributed by atoms with Gasteiger partial charge in [-0.15, -0.1) is 0 Å². The third-order valence-corrected chi connectivity index (χ3v) is 9.73. The van der Waals surface area contributed by atoms with E-state index in [1.54, 1.807) is 14.2 Å². The molecule has 0 aromatic heterocycles. The van der Waals surface area contributed by atoms with Gasteiger partial charge in [-0.05, 0) is 94.6 Å². The summed E-state index contributed by atoms with van der Waals surface area (Å²) in [5.74, 6) is 1.91. The molecule has 6 rings (SSSR count). The van der Waals surface area contributed by atoms with Crippen LogP contribution in [0.5, 0.6) is 17.2 Å². The second-order valence-electron chi connectivity index (χ2n) is 11.0. The topological polar surface area (TPSA) is 38.7 Å². The minimum absolute atomic E-state index is 0.0361. The molecule has 3 heteroatoms. The van der Waals surface area contributed by atoms with Crippen molar-refractivity contribution in [2.75, 3.05) is 14.2 Å². The van der Waals surface area contributed by atoms with Gasteiger partial charge in [0.05, 0.1) is 14.2 Å². The van der Waals surface area contributed by atoms with Crippen molar-refractivity contribution in [2.24, 2.45) is 5.41 Å². The van der Waals surface area contributed by atoms with Crippen molar-refractivity contribution in [3.8, 4) is 39.5 Å². The van der Waals surface area contributed by atoms with Crippen LogP contribution < -0.4 is 9.47 Å². The van der Waals surface area contributed by atoms with Crippen LogP contribution in [0.25, 0.3) is 33.0 Å². The van der Waals surface area contributed by atoms with E-state index in [-0.39, 0.29) is 5.41 Å². The molecule has 37 heavy (non-hydrogen) atoms. The second-order valence-corrected chi connectivity index (χ2v) is 11.0. The zero-order valence-corrected chi connectivity index (χ0v) is 22.4. The summed E-state index contributed by atoms with van der Waals surface area (Å²) in [5.41, 5.74) is 7.80. The fourth-order valence-electron chi connectivity index (χ4n) is 7.23. The molecule has 0 heterocycles. The largest absolute Gasteiger partial charge is 0.507 e. The Balaban J connectivity index is 1.60. The fraction of sp³-hybridized carbons (Fsp3) is 0.353. The van der Waals surface area contributed by atoms with Gasteiger partial charge in [-0.3, -0.25) is 0 Å². The van der Waals surface area contributed by atoms with Crippen molar-refractivity contribution in [3.05, 3.63) is 77.9 Å². The fourth-order valence-corrected chi connectivity index (χ4v) is 7.23. The summed E-state index contributed by atoms with van der Waals surface area (Å²) in [7, 11) is 3.37. The smallest absolute Gasteiger partial charge is 0.127 e. The van der Waals surface area contributed by atoms with Crippen LogP contribution in [-0.4, -0.2) is 19.3 Å². The Hall–Kier alpha value is -3.46. The summed E-state index contributed by atoms with van der Waals surface area (Å²) < 4.78 is 11.2. The number of aromatic hydroxyl groups is 1. The zero-order chi connectivity index (χ0) is 25.8. The Morgan fingerprint density at radius 2 is 1.43 bits per heavy atom. The molecule has 0 radical (unpaired) electrons. The minimum Gasteiger partial charge on any atom is -0.507 e. The summed E-state index contributed by atoms with van der Waals surface area (Å²) >= 11 is 0. The first kappa shape index (κ1) is 23.9. The number of methoxy groups -OCH3 is 2. The van der Waals surface area contributed by atoms with E-state index in [1.165, 1.54) is 47.9 Å². The third kappa shape index (κ3) is 3.47. The first-order valence-corrected chi connectivity index (χ1v) is 13.6. The van der Waals surface area contributed by atoms with Gasteiger partial charge in [0.1, 0.15) is 17.2 Å². The highest BCUT2D eigenvalue weighted by molar-refractivity contribution is 6.07. The standard InChI is InChI=1S/C34H36O3/c1-5-33(6-2)15-17-34(18-16-33)28-10-8-7-9-24(28)32-27-19-25(22-11-13-23(36-3)14-12-22)31(37-4)20-26(27)30(35)21-29(32)34/h7-14,19-21,35H,5-6,15-18H2,1-4H3. The Bertz CT molecular complexity index is 1470. The molecule has 1 saturated carbocycles. The minimum atomic E-state index is -0.0361. The van der Waals surface area contributed by atoms with Gasteiger partial charge in [0.15, 0.2) is 0 Å². The molecule has 0 atom stereocenters. The molecule has 1 fully saturated rings. The number of hydrogen-bond acceptors (Lipinski definition) is 3. The molecule has 0 saturated heterocycles. The number of fused-ring (bicyclic) bond motifs is 7. The van der Waals surface area contributed by atoms with Crippen molar-refractivity contribution >= 4 is 10.8 Å². The van der Waals surface area contributed by atoms with Crippen LogP contribution in [0.2, 0.25) is 0 Å². The third-order valence-electron chi connectivity index (χ3n) is 9.73. The van der Waals surface area contributed by atoms with Gasteiger partial charge in [-0.25, -0.2) is 0 Å². The number of phenolic OH excluding ortho intramolecular Hbond substituents is 1. The molecule has 2 aliphatic rings. The van der Waals surface area contributed by atoms with E-state index in [9.17, 15) is 5.11 Å². The van der Waals surface area contributed by atoms with Crippen LogP contribution in [0.15, 0.2) is 66.7 Å². The summed E-state index contributed by atoms with van der Waals surface area (Å²) in [6.07, 6.45) is 7.19. The van der Waals surface area contributed by atoms with Crippen LogP contribution in [0.1, 0.15) is 63.5 Å². The highest BCUT2D eigenvalue weighted by atomic mass is 16.5. The maximum atomic E-state index is 11.4. The summed E-state index contributed by atoms with van der Waals surface area (Å²) in [5, 5.41) is 13.3. The van der Waals surface area contributed by atoms with Crippen LogP contribution in [0, 0.1) is 5.41 Å². The van der Waals surface area contributed by atoms with E-state index >= 15 is 0 Å². The quantitative estimate of drug-likeness (QED) is 0.302. The van der Waals surface area contributed by atoms with Crippen molar-refractivity contribution in [3.63, 3.8) is 0 Å². The van der Waals surface area contributed by atoms with Gasteiger partial charge in [0.25, 0.3) is 0 Å². The SMILES string of the molecule is CCC1(CC)CCC2(CC1)c1ccccc1-c1c2cc(O)c2cc(OC)c(-c3ccc(OC)cc3)cc12. The van der Waals surface area contributed by atoms with E-state index < -0.39 is 0 Å². The molecule has 4 aromatic carbocycles. The normalized spacial score (nSPS) is 17.0. The molecule has 4 aromatic rings. The first-order valence-electron chi connectivity index (χ1n) is 13.6. The Labute approximate surface area is 220 Å². The van der Waals surface area contributed by atoms with Crippen LogP contribution >= 0.6 is 0 Å². The molecular weight excluding hydrogens is 456 g/mol. The van der Waals surface area contributed by atoms with Crippen molar-refractivity contribution in [2.45, 2.75) is 57.8 Å². The van der Waals surface area contributed by atoms with Crippen molar-refractivity contribution < 1.29 is 14.6 Å². The Kier molecular flexibility index (Phi) is 5.71. The molecule has 1 spiro atoms. The molecule has 0 unspecified atom stereocenters. The van der Waals surface area contributed by atoms with Gasteiger partial charge >= 0.3 is 0 Å². The maximum Gasteiger partial charge on any atom is 0.127 e. The molecule has 0 bridgehead atoms. The molecule has 190 valence electrons. The van der Waals surface area contributed by atoms with Crippen LogP contribution in [0.3, 0.4) is 0 Å². The van der Waals surface area contributed by atoms with Gasteiger partial charge in [-0.1, -0.05) is 63.1 Å². The lowest BCUT2D eigenvalue weighted by Crippen LogP contribution is -2.36. The van der Waals surface area contributed by atoms with Gasteiger partial charge in [0, 0.05) is 16.4 Å². The number of rotatable bonds is 5. The Morgan fingerprint density at radius 3 is 2.08 bits per heavy atom. The average Bonchev–Trinajstić information content (AvgIpc) is 3.22. The molecule has 2 aliphatic carbocycles. The predicted octanol–water partition coefficient (Wildman–Crippen LogP) is 8.88. The van der Waals surface area contributed by atoms with Crippen LogP contribution in [-0.2, 0) is 5.41 Å². The maximum absolute atomic E-state index is 11.4. The predicted molar refractivity (Wildman–Crippen MR) is 152 cm³/mol. The molecule has 0 amide bonds. The van der Waals surface area contributed by atoms with Gasteiger partial charge in [-0.2, -0.15) is 0 Å². The summed E-state index contributed by atoms with van der Waals surface area (Å²) in [6, 6.07) is 23.3. The molecule has 3 nitrogen and oxygen atoms in total. The van der Waals surface area contributed by atoms with E-state index in [1.807, 2.05) is 18.2 Å². The van der Waals surface area contributed by atoms with Crippen LogP contribution in [0.4, 0.5) is 0 Å². The highest BCUT2D eigenvalue weighted by Crippen LogP contribution is 2.62. The zero-order valence-electron chi connectivity index (χ0n) is 22.4. The highest BCUT2D eigenvalue weighted by Gasteiger charge is 2.49. The van der Waals surface area contributed by atoms with Crippen molar-refractivity contribution in [1.29, 1.82) is 0 Å². The molecule has 1 N–H and O–H groups in total. The monoisotopic (exact) mass is 492 g/mol. The number of hydrogen-bond donors (Lipinski definition) is 1. The average molecular weight is 493 g/mol. The van der Waals surface area contributed by atoms with Gasteiger partial charge < -0.3 is 14.6 Å². The Morgan fingerprint density at radius 1 is 0.730 bits per heavy atom. The van der Waals surface area contributed by atoms with Gasteiger partial charge in [0.2, 0.25) is 0 Å². The lowest BCUT2D eigenvalue weighted by Gasteiger charge is -2.45. The van der Waals surface area contributed by atoms with E-state index in [0.29, 0.717) is 11.2 Å². The molecular formula is C34H36O3. The number of phenols is 1. The first-order chi connectivity index (χ1) is 18.0. The van der Waals surface area contributed by atoms with E-state index in [4.69, 9.17) is 9.47 Å². The summed E-state index contributed by atoms with van der Waals surface area (Å²) in [6.45, 7) is 4.71. The lowest BCUT2D eigenvalue weighted by molar-refractivity contribution is 0.133. The summed E-state index contributed by atoms with van der Waals surface area (Å²) in [4.78, 5) is 0.